The van der Waals surface area contributed by atoms with E-state index in [0.717, 1.165) is 38.8 Å². The van der Waals surface area contributed by atoms with Crippen molar-refractivity contribution in [2.24, 2.45) is 0 Å². The summed E-state index contributed by atoms with van der Waals surface area (Å²) < 4.78 is 15.4. The second-order valence-electron chi connectivity index (χ2n) is 6.41. The Balaban J connectivity index is 1.79. The molecule has 0 bridgehead atoms. The number of hydrogen-bond acceptors (Lipinski definition) is 3. The number of benzene rings is 2. The minimum atomic E-state index is -0.258. The second kappa shape index (κ2) is 5.51. The highest BCUT2D eigenvalue weighted by molar-refractivity contribution is 7.15. The predicted molar refractivity (Wildman–Crippen MR) is 103 cm³/mol. The topological polar surface area (TPSA) is 46.0 Å². The third-order valence-electron chi connectivity index (χ3n) is 4.70. The average molecular weight is 362 g/mol. The van der Waals surface area contributed by atoms with Crippen LogP contribution in [0.5, 0.6) is 0 Å². The molecule has 0 aliphatic carbocycles. The van der Waals surface area contributed by atoms with Crippen molar-refractivity contribution in [1.29, 1.82) is 0 Å². The van der Waals surface area contributed by atoms with Gasteiger partial charge in [0.1, 0.15) is 17.2 Å². The number of hydrogen-bond donors (Lipinski definition) is 1. The van der Waals surface area contributed by atoms with Crippen LogP contribution in [0, 0.1) is 19.7 Å². The zero-order valence-electron chi connectivity index (χ0n) is 14.2. The zero-order valence-corrected chi connectivity index (χ0v) is 15.1. The van der Waals surface area contributed by atoms with Crippen LogP contribution in [0.2, 0.25) is 0 Å². The molecule has 6 heteroatoms. The van der Waals surface area contributed by atoms with E-state index in [1.165, 1.54) is 23.3 Å². The third-order valence-corrected chi connectivity index (χ3v) is 5.46. The SMILES string of the molecule is Cc1cc2nc(-c3c(-c4ccc(F)cc4)nc4sccn34)[nH]c2cc1C. The molecule has 0 saturated heterocycles. The maximum atomic E-state index is 13.3. The lowest BCUT2D eigenvalue weighted by molar-refractivity contribution is 0.628. The molecule has 0 atom stereocenters. The van der Waals surface area contributed by atoms with Crippen molar-refractivity contribution in [3.63, 3.8) is 0 Å². The number of imidazole rings is 2. The van der Waals surface area contributed by atoms with E-state index in [4.69, 9.17) is 9.97 Å². The molecule has 2 aromatic carbocycles. The molecule has 3 aromatic heterocycles. The van der Waals surface area contributed by atoms with Gasteiger partial charge in [0.15, 0.2) is 10.8 Å². The summed E-state index contributed by atoms with van der Waals surface area (Å²) in [6.07, 6.45) is 1.99. The summed E-state index contributed by atoms with van der Waals surface area (Å²) in [5, 5.41) is 2.00. The monoisotopic (exact) mass is 362 g/mol. The molecule has 0 amide bonds. The fourth-order valence-corrected chi connectivity index (χ4v) is 3.92. The van der Waals surface area contributed by atoms with Gasteiger partial charge in [-0.05, 0) is 61.4 Å². The number of aromatic nitrogens is 4. The first-order valence-corrected chi connectivity index (χ1v) is 9.17. The lowest BCUT2D eigenvalue weighted by Crippen LogP contribution is -1.89. The summed E-state index contributed by atoms with van der Waals surface area (Å²) >= 11 is 1.56. The number of nitrogens with zero attached hydrogens (tertiary/aromatic N) is 3. The number of nitrogens with one attached hydrogen (secondary N) is 1. The molecule has 5 aromatic rings. The maximum Gasteiger partial charge on any atom is 0.194 e. The van der Waals surface area contributed by atoms with E-state index >= 15 is 0 Å². The second-order valence-corrected chi connectivity index (χ2v) is 7.28. The molecule has 0 aliphatic heterocycles. The smallest absolute Gasteiger partial charge is 0.194 e. The van der Waals surface area contributed by atoms with Gasteiger partial charge in [0.2, 0.25) is 0 Å². The number of H-pyrrole nitrogens is 1. The first kappa shape index (κ1) is 15.3. The van der Waals surface area contributed by atoms with Crippen molar-refractivity contribution in [2.45, 2.75) is 13.8 Å². The molecule has 4 nitrogen and oxygen atoms in total. The highest BCUT2D eigenvalue weighted by atomic mass is 32.1. The number of aromatic amines is 1. The summed E-state index contributed by atoms with van der Waals surface area (Å²) in [5.74, 6) is 0.501. The van der Waals surface area contributed by atoms with Crippen molar-refractivity contribution in [3.8, 4) is 22.8 Å². The van der Waals surface area contributed by atoms with Gasteiger partial charge in [0, 0.05) is 17.1 Å². The van der Waals surface area contributed by atoms with Crippen molar-refractivity contribution in [2.75, 3.05) is 0 Å². The van der Waals surface area contributed by atoms with Gasteiger partial charge in [0.05, 0.1) is 11.0 Å². The quantitative estimate of drug-likeness (QED) is 0.459. The fraction of sp³-hybridized carbons (Fsp3) is 0.100. The summed E-state index contributed by atoms with van der Waals surface area (Å²) in [4.78, 5) is 13.9. The Morgan fingerprint density at radius 1 is 1.04 bits per heavy atom. The van der Waals surface area contributed by atoms with Gasteiger partial charge in [-0.25, -0.2) is 14.4 Å². The molecule has 5 rings (SSSR count). The van der Waals surface area contributed by atoms with E-state index in [9.17, 15) is 4.39 Å². The van der Waals surface area contributed by atoms with E-state index in [1.54, 1.807) is 23.5 Å². The number of halogens is 1. The van der Waals surface area contributed by atoms with Crippen LogP contribution >= 0.6 is 11.3 Å². The summed E-state index contributed by atoms with van der Waals surface area (Å²) in [6, 6.07) is 10.6. The third kappa shape index (κ3) is 2.26. The van der Waals surface area contributed by atoms with Gasteiger partial charge in [-0.3, -0.25) is 4.40 Å². The minimum Gasteiger partial charge on any atom is -0.337 e. The lowest BCUT2D eigenvalue weighted by atomic mass is 10.1. The zero-order chi connectivity index (χ0) is 17.8. The van der Waals surface area contributed by atoms with E-state index in [1.807, 2.05) is 16.0 Å². The normalized spacial score (nSPS) is 11.7. The van der Waals surface area contributed by atoms with Gasteiger partial charge in [-0.2, -0.15) is 0 Å². The Morgan fingerprint density at radius 2 is 1.81 bits per heavy atom. The molecule has 26 heavy (non-hydrogen) atoms. The van der Waals surface area contributed by atoms with Crippen LogP contribution in [-0.2, 0) is 0 Å². The van der Waals surface area contributed by atoms with Crippen LogP contribution in [-0.4, -0.2) is 19.4 Å². The molecule has 0 fully saturated rings. The van der Waals surface area contributed by atoms with E-state index in [-0.39, 0.29) is 5.82 Å². The van der Waals surface area contributed by atoms with Gasteiger partial charge in [-0.15, -0.1) is 11.3 Å². The molecular weight excluding hydrogens is 347 g/mol. The first-order valence-electron chi connectivity index (χ1n) is 8.29. The number of rotatable bonds is 2. The van der Waals surface area contributed by atoms with Crippen molar-refractivity contribution < 1.29 is 4.39 Å². The summed E-state index contributed by atoms with van der Waals surface area (Å²) in [6.45, 7) is 4.18. The Hall–Kier alpha value is -2.99. The highest BCUT2D eigenvalue weighted by Gasteiger charge is 2.20. The van der Waals surface area contributed by atoms with Gasteiger partial charge in [0.25, 0.3) is 0 Å². The number of thiazole rings is 1. The molecule has 3 heterocycles. The molecular formula is C20H15FN4S. The highest BCUT2D eigenvalue weighted by Crippen LogP contribution is 2.34. The molecule has 128 valence electrons. The Kier molecular flexibility index (Phi) is 3.24. The standard InChI is InChI=1S/C20H15FN4S/c1-11-9-15-16(10-12(11)2)23-19(22-15)18-17(13-3-5-14(21)6-4-13)24-20-25(18)7-8-26-20/h3-10H,1-2H3,(H,22,23). The van der Waals surface area contributed by atoms with Crippen LogP contribution in [0.4, 0.5) is 4.39 Å². The Morgan fingerprint density at radius 3 is 2.62 bits per heavy atom. The maximum absolute atomic E-state index is 13.3. The van der Waals surface area contributed by atoms with Crippen molar-refractivity contribution in [1.82, 2.24) is 19.4 Å². The predicted octanol–water partition coefficient (Wildman–Crippen LogP) is 5.36. The lowest BCUT2D eigenvalue weighted by Gasteiger charge is -2.02. The number of fused-ring (bicyclic) bond motifs is 2. The Bertz CT molecular complexity index is 1220. The molecule has 0 saturated carbocycles. The summed E-state index contributed by atoms with van der Waals surface area (Å²) in [5.41, 5.74) is 6.91. The van der Waals surface area contributed by atoms with Crippen LogP contribution < -0.4 is 0 Å². The van der Waals surface area contributed by atoms with Gasteiger partial charge in [-0.1, -0.05) is 0 Å². The molecule has 0 unspecified atom stereocenters. The molecule has 0 radical (unpaired) electrons. The minimum absolute atomic E-state index is 0.258. The van der Waals surface area contributed by atoms with E-state index < -0.39 is 0 Å². The van der Waals surface area contributed by atoms with E-state index in [2.05, 4.69) is 31.0 Å². The van der Waals surface area contributed by atoms with Crippen molar-refractivity contribution in [3.05, 3.63) is 64.9 Å². The summed E-state index contributed by atoms with van der Waals surface area (Å²) in [7, 11) is 0. The van der Waals surface area contributed by atoms with Gasteiger partial charge >= 0.3 is 0 Å². The average Bonchev–Trinajstić information content (AvgIpc) is 3.29. The molecule has 0 spiro atoms. The largest absolute Gasteiger partial charge is 0.337 e. The fourth-order valence-electron chi connectivity index (χ4n) is 3.20. The van der Waals surface area contributed by atoms with Gasteiger partial charge < -0.3 is 4.98 Å². The van der Waals surface area contributed by atoms with Crippen LogP contribution in [0.1, 0.15) is 11.1 Å². The van der Waals surface area contributed by atoms with Crippen LogP contribution in [0.3, 0.4) is 0 Å². The molecule has 1 N–H and O–H groups in total. The van der Waals surface area contributed by atoms with E-state index in [0.29, 0.717) is 0 Å². The first-order chi connectivity index (χ1) is 12.6. The van der Waals surface area contributed by atoms with Crippen molar-refractivity contribution >= 4 is 27.3 Å². The number of aryl methyl sites for hydroxylation is 2. The van der Waals surface area contributed by atoms with Crippen LogP contribution in [0.25, 0.3) is 38.8 Å². The Labute approximate surface area is 153 Å². The molecule has 0 aliphatic rings. The van der Waals surface area contributed by atoms with Crippen LogP contribution in [0.15, 0.2) is 48.0 Å².